The van der Waals surface area contributed by atoms with E-state index in [2.05, 4.69) is 10.3 Å². The number of nitrogens with zero attached hydrogens (tertiary/aromatic N) is 1. The molecule has 2 aromatic rings. The maximum Gasteiger partial charge on any atom is 0.357 e. The van der Waals surface area contributed by atoms with Crippen LogP contribution >= 0.6 is 11.3 Å². The van der Waals surface area contributed by atoms with Gasteiger partial charge in [-0.05, 0) is 25.3 Å². The van der Waals surface area contributed by atoms with Crippen LogP contribution in [0, 0.1) is 0 Å². The average molecular weight is 318 g/mol. The van der Waals surface area contributed by atoms with Crippen LogP contribution in [-0.2, 0) is 16.0 Å². The molecule has 6 heteroatoms. The number of anilines is 1. The number of aromatic nitrogens is 1. The first-order valence-electron chi connectivity index (χ1n) is 7.15. The Morgan fingerprint density at radius 3 is 2.77 bits per heavy atom. The molecule has 2 rings (SSSR count). The van der Waals surface area contributed by atoms with Gasteiger partial charge in [-0.25, -0.2) is 9.78 Å². The Kier molecular flexibility index (Phi) is 6.09. The minimum Gasteiger partial charge on any atom is -0.461 e. The molecule has 0 aliphatic carbocycles. The number of benzene rings is 1. The van der Waals surface area contributed by atoms with Crippen molar-refractivity contribution in [3.05, 3.63) is 47.0 Å². The highest BCUT2D eigenvalue weighted by atomic mass is 32.1. The van der Waals surface area contributed by atoms with Crippen molar-refractivity contribution in [3.63, 3.8) is 0 Å². The van der Waals surface area contributed by atoms with Crippen molar-refractivity contribution >= 4 is 28.3 Å². The smallest absolute Gasteiger partial charge is 0.357 e. The molecule has 1 heterocycles. The molecule has 1 N–H and O–H groups in total. The first kappa shape index (κ1) is 16.2. The van der Waals surface area contributed by atoms with E-state index < -0.39 is 5.97 Å². The first-order valence-corrected chi connectivity index (χ1v) is 8.03. The van der Waals surface area contributed by atoms with E-state index >= 15 is 0 Å². The molecule has 0 aliphatic rings. The summed E-state index contributed by atoms with van der Waals surface area (Å²) in [5.74, 6) is -0.566. The molecule has 0 aliphatic heterocycles. The molecule has 1 amide bonds. The predicted molar refractivity (Wildman–Crippen MR) is 86.1 cm³/mol. The van der Waals surface area contributed by atoms with Crippen LogP contribution in [0.4, 0.5) is 5.13 Å². The lowest BCUT2D eigenvalue weighted by Crippen LogP contribution is -2.12. The van der Waals surface area contributed by atoms with Crippen molar-refractivity contribution < 1.29 is 14.3 Å². The zero-order valence-corrected chi connectivity index (χ0v) is 13.2. The highest BCUT2D eigenvalue weighted by molar-refractivity contribution is 7.14. The normalized spacial score (nSPS) is 10.2. The number of amides is 1. The summed E-state index contributed by atoms with van der Waals surface area (Å²) in [5, 5.41) is 4.71. The quantitative estimate of drug-likeness (QED) is 0.796. The minimum absolute atomic E-state index is 0.0966. The van der Waals surface area contributed by atoms with Gasteiger partial charge in [-0.2, -0.15) is 0 Å². The summed E-state index contributed by atoms with van der Waals surface area (Å²) in [7, 11) is 0. The van der Waals surface area contributed by atoms with Crippen molar-refractivity contribution in [2.24, 2.45) is 0 Å². The molecule has 0 unspecified atom stereocenters. The molecule has 0 saturated heterocycles. The molecular formula is C16H18N2O3S. The molecule has 0 bridgehead atoms. The summed E-state index contributed by atoms with van der Waals surface area (Å²) in [4.78, 5) is 27.4. The number of carbonyl (C=O) groups is 2. The van der Waals surface area contributed by atoms with Crippen molar-refractivity contribution in [2.75, 3.05) is 11.9 Å². The second-order valence-corrected chi connectivity index (χ2v) is 5.50. The predicted octanol–water partition coefficient (Wildman–Crippen LogP) is 3.28. The summed E-state index contributed by atoms with van der Waals surface area (Å²) < 4.78 is 4.85. The fraction of sp³-hybridized carbons (Fsp3) is 0.312. The number of hydrogen-bond donors (Lipinski definition) is 1. The minimum atomic E-state index is -0.469. The van der Waals surface area contributed by atoms with Crippen LogP contribution in [0.5, 0.6) is 0 Å². The third kappa shape index (κ3) is 4.96. The van der Waals surface area contributed by atoms with Crippen LogP contribution in [0.3, 0.4) is 0 Å². The number of ether oxygens (including phenoxy) is 1. The first-order chi connectivity index (χ1) is 10.7. The van der Waals surface area contributed by atoms with Gasteiger partial charge in [0.15, 0.2) is 10.8 Å². The molecule has 116 valence electrons. The second-order valence-electron chi connectivity index (χ2n) is 4.65. The summed E-state index contributed by atoms with van der Waals surface area (Å²) in [5.41, 5.74) is 1.44. The third-order valence-electron chi connectivity index (χ3n) is 2.95. The van der Waals surface area contributed by atoms with Gasteiger partial charge >= 0.3 is 5.97 Å². The van der Waals surface area contributed by atoms with E-state index in [0.717, 1.165) is 12.8 Å². The molecule has 1 aromatic heterocycles. The second kappa shape index (κ2) is 8.29. The van der Waals surface area contributed by atoms with Gasteiger partial charge in [0.2, 0.25) is 5.91 Å². The van der Waals surface area contributed by atoms with Crippen LogP contribution in [0.25, 0.3) is 0 Å². The lowest BCUT2D eigenvalue weighted by atomic mass is 10.1. The third-order valence-corrected chi connectivity index (χ3v) is 3.70. The molecule has 0 saturated carbocycles. The van der Waals surface area contributed by atoms with E-state index in [-0.39, 0.29) is 11.6 Å². The molecule has 0 atom stereocenters. The van der Waals surface area contributed by atoms with E-state index in [1.54, 1.807) is 12.3 Å². The zero-order valence-electron chi connectivity index (χ0n) is 12.4. The fourth-order valence-corrected chi connectivity index (χ4v) is 2.61. The van der Waals surface area contributed by atoms with Gasteiger partial charge in [0.05, 0.1) is 6.61 Å². The summed E-state index contributed by atoms with van der Waals surface area (Å²) >= 11 is 1.22. The standard InChI is InChI=1S/C16H18N2O3S/c1-2-21-15(20)13-11-22-16(17-13)18-14(19)10-6-9-12-7-4-3-5-8-12/h3-5,7-8,11H,2,6,9-10H2,1H3,(H,17,18,19). The Hall–Kier alpha value is -2.21. The Morgan fingerprint density at radius 2 is 2.05 bits per heavy atom. The van der Waals surface area contributed by atoms with E-state index in [1.807, 2.05) is 30.3 Å². The van der Waals surface area contributed by atoms with Crippen molar-refractivity contribution in [3.8, 4) is 0 Å². The zero-order chi connectivity index (χ0) is 15.8. The highest BCUT2D eigenvalue weighted by Crippen LogP contribution is 2.16. The molecule has 0 radical (unpaired) electrons. The maximum absolute atomic E-state index is 11.8. The Balaban J connectivity index is 1.76. The van der Waals surface area contributed by atoms with Crippen LogP contribution < -0.4 is 5.32 Å². The van der Waals surface area contributed by atoms with Gasteiger partial charge in [-0.3, -0.25) is 4.79 Å². The Bertz CT molecular complexity index is 625. The van der Waals surface area contributed by atoms with E-state index in [1.165, 1.54) is 16.9 Å². The maximum atomic E-state index is 11.8. The van der Waals surface area contributed by atoms with Crippen LogP contribution in [-0.4, -0.2) is 23.5 Å². The van der Waals surface area contributed by atoms with Crippen molar-refractivity contribution in [1.82, 2.24) is 4.98 Å². The van der Waals surface area contributed by atoms with Gasteiger partial charge in [0, 0.05) is 11.8 Å². The van der Waals surface area contributed by atoms with Crippen molar-refractivity contribution in [2.45, 2.75) is 26.2 Å². The number of aryl methyl sites for hydroxylation is 1. The van der Waals surface area contributed by atoms with Crippen LogP contribution in [0.15, 0.2) is 35.7 Å². The van der Waals surface area contributed by atoms with Gasteiger partial charge in [0.25, 0.3) is 0 Å². The molecule has 0 fully saturated rings. The average Bonchev–Trinajstić information content (AvgIpc) is 2.97. The molecule has 5 nitrogen and oxygen atoms in total. The van der Waals surface area contributed by atoms with Gasteiger partial charge < -0.3 is 10.1 Å². The summed E-state index contributed by atoms with van der Waals surface area (Å²) in [6.07, 6.45) is 2.05. The molecule has 22 heavy (non-hydrogen) atoms. The van der Waals surface area contributed by atoms with Crippen LogP contribution in [0.2, 0.25) is 0 Å². The van der Waals surface area contributed by atoms with Gasteiger partial charge in [0.1, 0.15) is 0 Å². The lowest BCUT2D eigenvalue weighted by Gasteiger charge is -2.02. The van der Waals surface area contributed by atoms with Crippen LogP contribution in [0.1, 0.15) is 35.8 Å². The number of hydrogen-bond acceptors (Lipinski definition) is 5. The number of carbonyl (C=O) groups excluding carboxylic acids is 2. The summed E-state index contributed by atoms with van der Waals surface area (Å²) in [6.45, 7) is 2.04. The Labute approximate surface area is 133 Å². The molecular weight excluding hydrogens is 300 g/mol. The van der Waals surface area contributed by atoms with E-state index in [4.69, 9.17) is 4.74 Å². The van der Waals surface area contributed by atoms with Crippen molar-refractivity contribution in [1.29, 1.82) is 0 Å². The van der Waals surface area contributed by atoms with E-state index in [9.17, 15) is 9.59 Å². The van der Waals surface area contributed by atoms with E-state index in [0.29, 0.717) is 18.2 Å². The topological polar surface area (TPSA) is 68.3 Å². The number of nitrogens with one attached hydrogen (secondary N) is 1. The monoisotopic (exact) mass is 318 g/mol. The molecule has 0 spiro atoms. The number of thiazole rings is 1. The largest absolute Gasteiger partial charge is 0.461 e. The molecule has 1 aromatic carbocycles. The van der Waals surface area contributed by atoms with Gasteiger partial charge in [-0.1, -0.05) is 30.3 Å². The van der Waals surface area contributed by atoms with Gasteiger partial charge in [-0.15, -0.1) is 11.3 Å². The highest BCUT2D eigenvalue weighted by Gasteiger charge is 2.12. The summed E-state index contributed by atoms with van der Waals surface area (Å²) in [6, 6.07) is 10.0. The number of rotatable bonds is 7. The SMILES string of the molecule is CCOC(=O)c1csc(NC(=O)CCCc2ccccc2)n1. The lowest BCUT2D eigenvalue weighted by molar-refractivity contribution is -0.116. The Morgan fingerprint density at radius 1 is 1.27 bits per heavy atom. The number of esters is 1. The fourth-order valence-electron chi connectivity index (χ4n) is 1.91.